The van der Waals surface area contributed by atoms with Gasteiger partial charge < -0.3 is 20.1 Å². The molecule has 1 aromatic carbocycles. The minimum Gasteiger partial charge on any atom is -0.389 e. The fraction of sp³-hybridized carbons (Fsp3) is 0.588. The van der Waals surface area contributed by atoms with E-state index in [0.29, 0.717) is 23.8 Å². The number of alkyl halides is 3. The molecule has 1 saturated heterocycles. The number of hydrogen-bond donors (Lipinski definition) is 2. The molecule has 0 aliphatic carbocycles. The molecule has 2 N–H and O–H groups in total. The summed E-state index contributed by atoms with van der Waals surface area (Å²) in [5, 5.41) is 13.8. The first-order valence-electron chi connectivity index (χ1n) is 8.49. The molecule has 3 rings (SSSR count). The van der Waals surface area contributed by atoms with E-state index >= 15 is 0 Å². The van der Waals surface area contributed by atoms with Crippen molar-refractivity contribution < 1.29 is 23.0 Å². The maximum atomic E-state index is 12.8. The number of likely N-dealkylation sites (tertiary alicyclic amines) is 1. The standard InChI is InChI=1S/C17H22F3N3O2S/c1-25-10-13(24)9-23-6-4-12(5-7-23)21-16-22-14-8-11(17(18,19)20)2-3-15(14)26-16/h2-3,8,12-13,24H,4-7,9-10H2,1H3,(H,21,22). The lowest BCUT2D eigenvalue weighted by molar-refractivity contribution is -0.137. The number of β-amino-alcohol motifs (C(OH)–C–C–N with tert-alkyl or cyclic N) is 1. The molecule has 0 bridgehead atoms. The average Bonchev–Trinajstić information content (AvgIpc) is 2.97. The molecule has 0 amide bonds. The normalized spacial score (nSPS) is 18.3. The van der Waals surface area contributed by atoms with Crippen molar-refractivity contribution in [3.63, 3.8) is 0 Å². The second kappa shape index (κ2) is 8.08. The van der Waals surface area contributed by atoms with Gasteiger partial charge in [0.1, 0.15) is 0 Å². The number of ether oxygens (including phenoxy) is 1. The van der Waals surface area contributed by atoms with Crippen LogP contribution < -0.4 is 5.32 Å². The topological polar surface area (TPSA) is 57.6 Å². The van der Waals surface area contributed by atoms with Crippen LogP contribution in [0.3, 0.4) is 0 Å². The van der Waals surface area contributed by atoms with E-state index in [1.807, 2.05) is 0 Å². The number of anilines is 1. The number of hydrogen-bond acceptors (Lipinski definition) is 6. The van der Waals surface area contributed by atoms with Gasteiger partial charge in [0, 0.05) is 32.8 Å². The number of aliphatic hydroxyl groups is 1. The molecule has 0 radical (unpaired) electrons. The predicted octanol–water partition coefficient (Wildman–Crippen LogP) is 3.20. The molecule has 9 heteroatoms. The number of nitrogens with one attached hydrogen (secondary N) is 1. The molecular weight excluding hydrogens is 367 g/mol. The van der Waals surface area contributed by atoms with Gasteiger partial charge in [0.15, 0.2) is 5.13 Å². The van der Waals surface area contributed by atoms with Crippen molar-refractivity contribution in [2.45, 2.75) is 31.2 Å². The van der Waals surface area contributed by atoms with Crippen molar-refractivity contribution in [1.29, 1.82) is 0 Å². The Labute approximate surface area is 153 Å². The monoisotopic (exact) mass is 389 g/mol. The fourth-order valence-electron chi connectivity index (χ4n) is 3.14. The summed E-state index contributed by atoms with van der Waals surface area (Å²) in [4.78, 5) is 6.50. The smallest absolute Gasteiger partial charge is 0.389 e. The number of fused-ring (bicyclic) bond motifs is 1. The van der Waals surface area contributed by atoms with Gasteiger partial charge >= 0.3 is 6.18 Å². The summed E-state index contributed by atoms with van der Waals surface area (Å²) in [6.07, 6.45) is -3.06. The van der Waals surface area contributed by atoms with Crippen LogP contribution in [0, 0.1) is 0 Å². The van der Waals surface area contributed by atoms with Gasteiger partial charge in [-0.1, -0.05) is 11.3 Å². The van der Waals surface area contributed by atoms with E-state index in [2.05, 4.69) is 15.2 Å². The molecule has 0 spiro atoms. The van der Waals surface area contributed by atoms with Gasteiger partial charge in [0.05, 0.1) is 28.5 Å². The first-order chi connectivity index (χ1) is 12.3. The molecule has 26 heavy (non-hydrogen) atoms. The molecule has 0 saturated carbocycles. The average molecular weight is 389 g/mol. The van der Waals surface area contributed by atoms with Crippen LogP contribution in [0.5, 0.6) is 0 Å². The third-order valence-corrected chi connectivity index (χ3v) is 5.43. The number of aromatic nitrogens is 1. The Kier molecular flexibility index (Phi) is 6.01. The summed E-state index contributed by atoms with van der Waals surface area (Å²) in [7, 11) is 1.56. The summed E-state index contributed by atoms with van der Waals surface area (Å²) >= 11 is 1.37. The lowest BCUT2D eigenvalue weighted by Gasteiger charge is -2.33. The van der Waals surface area contributed by atoms with E-state index in [1.54, 1.807) is 7.11 Å². The fourth-order valence-corrected chi connectivity index (χ4v) is 4.07. The third-order valence-electron chi connectivity index (χ3n) is 4.46. The predicted molar refractivity (Wildman–Crippen MR) is 95.6 cm³/mol. The molecule has 1 unspecified atom stereocenters. The number of thiazole rings is 1. The van der Waals surface area contributed by atoms with Gasteiger partial charge in [0.2, 0.25) is 0 Å². The SMILES string of the molecule is COCC(O)CN1CCC(Nc2nc3cc(C(F)(F)F)ccc3s2)CC1. The van der Waals surface area contributed by atoms with Crippen LogP contribution in [0.15, 0.2) is 18.2 Å². The van der Waals surface area contributed by atoms with Crippen molar-refractivity contribution in [3.05, 3.63) is 23.8 Å². The number of piperidine rings is 1. The number of nitrogens with zero attached hydrogens (tertiary/aromatic N) is 2. The molecule has 1 fully saturated rings. The lowest BCUT2D eigenvalue weighted by atomic mass is 10.1. The van der Waals surface area contributed by atoms with E-state index in [9.17, 15) is 18.3 Å². The van der Waals surface area contributed by atoms with Crippen molar-refractivity contribution in [2.24, 2.45) is 0 Å². The minimum absolute atomic E-state index is 0.230. The van der Waals surface area contributed by atoms with E-state index < -0.39 is 17.8 Å². The van der Waals surface area contributed by atoms with Gasteiger partial charge in [0.25, 0.3) is 0 Å². The molecule has 1 atom stereocenters. The second-order valence-electron chi connectivity index (χ2n) is 6.53. The first kappa shape index (κ1) is 19.3. The highest BCUT2D eigenvalue weighted by atomic mass is 32.1. The van der Waals surface area contributed by atoms with Crippen LogP contribution in [-0.4, -0.2) is 60.5 Å². The zero-order chi connectivity index (χ0) is 18.7. The number of benzene rings is 1. The second-order valence-corrected chi connectivity index (χ2v) is 7.56. The van der Waals surface area contributed by atoms with E-state index in [1.165, 1.54) is 17.4 Å². The number of methoxy groups -OCH3 is 1. The molecule has 1 aliphatic rings. The van der Waals surface area contributed by atoms with Gasteiger partial charge in [-0.25, -0.2) is 4.98 Å². The largest absolute Gasteiger partial charge is 0.416 e. The third kappa shape index (κ3) is 4.85. The van der Waals surface area contributed by atoms with Crippen molar-refractivity contribution in [2.75, 3.05) is 38.7 Å². The van der Waals surface area contributed by atoms with Crippen molar-refractivity contribution in [1.82, 2.24) is 9.88 Å². The number of aliphatic hydroxyl groups excluding tert-OH is 1. The van der Waals surface area contributed by atoms with Crippen molar-refractivity contribution in [3.8, 4) is 0 Å². The highest BCUT2D eigenvalue weighted by molar-refractivity contribution is 7.22. The Hall–Kier alpha value is -1.42. The molecule has 2 aromatic rings. The Bertz CT molecular complexity index is 730. The van der Waals surface area contributed by atoms with E-state index in [0.717, 1.165) is 42.8 Å². The Morgan fingerprint density at radius 2 is 2.12 bits per heavy atom. The summed E-state index contributed by atoms with van der Waals surface area (Å²) in [5.74, 6) is 0. The molecule has 1 aromatic heterocycles. The minimum atomic E-state index is -4.36. The van der Waals surface area contributed by atoms with Crippen LogP contribution >= 0.6 is 11.3 Å². The van der Waals surface area contributed by atoms with Gasteiger partial charge in [-0.15, -0.1) is 0 Å². The number of rotatable bonds is 6. The van der Waals surface area contributed by atoms with Crippen LogP contribution in [0.4, 0.5) is 18.3 Å². The van der Waals surface area contributed by atoms with Gasteiger partial charge in [-0.05, 0) is 31.0 Å². The molecule has 144 valence electrons. The Morgan fingerprint density at radius 1 is 1.38 bits per heavy atom. The maximum absolute atomic E-state index is 12.8. The van der Waals surface area contributed by atoms with Crippen molar-refractivity contribution >= 4 is 26.7 Å². The molecule has 5 nitrogen and oxygen atoms in total. The Balaban J connectivity index is 1.57. The van der Waals surface area contributed by atoms with Gasteiger partial charge in [-0.2, -0.15) is 13.2 Å². The lowest BCUT2D eigenvalue weighted by Crippen LogP contribution is -2.43. The highest BCUT2D eigenvalue weighted by Gasteiger charge is 2.31. The van der Waals surface area contributed by atoms with Crippen LogP contribution in [0.1, 0.15) is 18.4 Å². The van der Waals surface area contributed by atoms with Crippen LogP contribution in [-0.2, 0) is 10.9 Å². The van der Waals surface area contributed by atoms with E-state index in [-0.39, 0.29) is 6.04 Å². The first-order valence-corrected chi connectivity index (χ1v) is 9.30. The summed E-state index contributed by atoms with van der Waals surface area (Å²) in [5.41, 5.74) is -0.308. The molecule has 1 aliphatic heterocycles. The van der Waals surface area contributed by atoms with Crippen LogP contribution in [0.2, 0.25) is 0 Å². The zero-order valence-electron chi connectivity index (χ0n) is 14.4. The zero-order valence-corrected chi connectivity index (χ0v) is 15.2. The molecule has 2 heterocycles. The summed E-state index contributed by atoms with van der Waals surface area (Å²) < 4.78 is 44.1. The number of halogens is 3. The van der Waals surface area contributed by atoms with E-state index in [4.69, 9.17) is 4.74 Å². The van der Waals surface area contributed by atoms with Gasteiger partial charge in [-0.3, -0.25) is 0 Å². The quantitative estimate of drug-likeness (QED) is 0.795. The summed E-state index contributed by atoms with van der Waals surface area (Å²) in [6.45, 7) is 2.61. The highest BCUT2D eigenvalue weighted by Crippen LogP contribution is 2.34. The Morgan fingerprint density at radius 3 is 2.77 bits per heavy atom. The van der Waals surface area contributed by atoms with Crippen LogP contribution in [0.25, 0.3) is 10.2 Å². The maximum Gasteiger partial charge on any atom is 0.416 e. The summed E-state index contributed by atoms with van der Waals surface area (Å²) in [6, 6.07) is 3.89. The molecular formula is C17H22F3N3O2S.